The van der Waals surface area contributed by atoms with Crippen molar-refractivity contribution in [3.63, 3.8) is 0 Å². The number of amides is 3. The van der Waals surface area contributed by atoms with Crippen molar-refractivity contribution >= 4 is 22.0 Å². The van der Waals surface area contributed by atoms with E-state index in [0.717, 1.165) is 19.3 Å². The monoisotopic (exact) mass is 421 g/mol. The summed E-state index contributed by atoms with van der Waals surface area (Å²) in [5.74, 6) is -0.109. The number of imide groups is 1. The number of benzene rings is 1. The molecule has 2 atom stereocenters. The highest BCUT2D eigenvalue weighted by Crippen LogP contribution is 2.38. The van der Waals surface area contributed by atoms with Crippen LogP contribution in [0.4, 0.5) is 4.79 Å². The van der Waals surface area contributed by atoms with Crippen LogP contribution in [0.1, 0.15) is 38.2 Å². The maximum atomic E-state index is 13.1. The predicted molar refractivity (Wildman–Crippen MR) is 105 cm³/mol. The second-order valence-electron chi connectivity index (χ2n) is 8.10. The average Bonchev–Trinajstić information content (AvgIpc) is 2.96. The van der Waals surface area contributed by atoms with Gasteiger partial charge in [-0.25, -0.2) is 13.2 Å². The molecule has 3 amide bonds. The number of carbonyl (C=O) groups excluding carboxylic acids is 2. The minimum Gasteiger partial charge on any atom is -0.379 e. The number of urea groups is 1. The number of carbonyl (C=O) groups is 2. The highest BCUT2D eigenvalue weighted by atomic mass is 32.2. The molecule has 4 rings (SSSR count). The van der Waals surface area contributed by atoms with E-state index in [1.165, 1.54) is 9.21 Å². The molecular formula is C20H27N3O5S. The van der Waals surface area contributed by atoms with Crippen LogP contribution < -0.4 is 5.32 Å². The van der Waals surface area contributed by atoms with Gasteiger partial charge in [0.1, 0.15) is 5.54 Å². The summed E-state index contributed by atoms with van der Waals surface area (Å²) in [6, 6.07) is 6.10. The lowest BCUT2D eigenvalue weighted by molar-refractivity contribution is -0.134. The Morgan fingerprint density at radius 1 is 1.21 bits per heavy atom. The minimum absolute atomic E-state index is 0.0611. The van der Waals surface area contributed by atoms with Crippen LogP contribution in [0.15, 0.2) is 29.2 Å². The Morgan fingerprint density at radius 3 is 2.69 bits per heavy atom. The molecule has 1 aliphatic carbocycles. The Hall–Kier alpha value is -1.97. The van der Waals surface area contributed by atoms with Crippen molar-refractivity contribution in [1.29, 1.82) is 0 Å². The van der Waals surface area contributed by atoms with Gasteiger partial charge < -0.3 is 10.1 Å². The summed E-state index contributed by atoms with van der Waals surface area (Å²) in [5.41, 5.74) is -0.198. The zero-order valence-electron chi connectivity index (χ0n) is 16.6. The maximum absolute atomic E-state index is 13.1. The fraction of sp³-hybridized carbons (Fsp3) is 0.600. The molecule has 2 heterocycles. The molecule has 0 bridgehead atoms. The van der Waals surface area contributed by atoms with E-state index in [9.17, 15) is 18.0 Å². The molecule has 1 aromatic carbocycles. The molecule has 0 radical (unpaired) electrons. The van der Waals surface area contributed by atoms with Gasteiger partial charge in [0.25, 0.3) is 5.91 Å². The number of rotatable bonds is 4. The van der Waals surface area contributed by atoms with E-state index in [1.807, 2.05) is 6.92 Å². The van der Waals surface area contributed by atoms with Gasteiger partial charge in [0, 0.05) is 13.1 Å². The highest BCUT2D eigenvalue weighted by molar-refractivity contribution is 7.89. The lowest BCUT2D eigenvalue weighted by Gasteiger charge is -2.36. The summed E-state index contributed by atoms with van der Waals surface area (Å²) < 4.78 is 32.4. The topological polar surface area (TPSA) is 96.0 Å². The van der Waals surface area contributed by atoms with Gasteiger partial charge in [0.05, 0.1) is 24.7 Å². The fourth-order valence-electron chi connectivity index (χ4n) is 4.56. The molecule has 1 spiro atoms. The fourth-order valence-corrected chi connectivity index (χ4v) is 6.04. The van der Waals surface area contributed by atoms with Crippen molar-refractivity contribution in [3.8, 4) is 0 Å². The zero-order valence-corrected chi connectivity index (χ0v) is 17.4. The van der Waals surface area contributed by atoms with Crippen LogP contribution in [-0.2, 0) is 26.1 Å². The first-order valence-electron chi connectivity index (χ1n) is 10.2. The Morgan fingerprint density at radius 2 is 1.97 bits per heavy atom. The Labute approximate surface area is 171 Å². The number of hydrogen-bond donors (Lipinski definition) is 1. The first-order valence-corrected chi connectivity index (χ1v) is 11.6. The number of hydrogen-bond acceptors (Lipinski definition) is 5. The first-order chi connectivity index (χ1) is 13.8. The zero-order chi connectivity index (χ0) is 20.6. The highest BCUT2D eigenvalue weighted by Gasteiger charge is 2.54. The van der Waals surface area contributed by atoms with Gasteiger partial charge >= 0.3 is 6.03 Å². The van der Waals surface area contributed by atoms with E-state index in [4.69, 9.17) is 4.74 Å². The van der Waals surface area contributed by atoms with Crippen molar-refractivity contribution in [3.05, 3.63) is 29.8 Å². The molecule has 1 aromatic rings. The Bertz CT molecular complexity index is 912. The van der Waals surface area contributed by atoms with Crippen LogP contribution in [0.5, 0.6) is 0 Å². The molecule has 2 aliphatic heterocycles. The van der Waals surface area contributed by atoms with E-state index in [1.54, 1.807) is 24.3 Å². The summed E-state index contributed by atoms with van der Waals surface area (Å²) in [6.07, 6.45) is 3.54. The summed E-state index contributed by atoms with van der Waals surface area (Å²) in [7, 11) is -3.63. The normalized spacial score (nSPS) is 28.7. The lowest BCUT2D eigenvalue weighted by atomic mass is 9.73. The lowest BCUT2D eigenvalue weighted by Crippen LogP contribution is -2.53. The summed E-state index contributed by atoms with van der Waals surface area (Å²) in [5, 5.41) is 2.93. The SMILES string of the molecule is C[C@H]1CCCC[C@@]12NC(=O)N(Cc1cccc(S(=O)(=O)N3CCOCC3)c1)C2=O. The van der Waals surface area contributed by atoms with E-state index < -0.39 is 21.6 Å². The second-order valence-corrected chi connectivity index (χ2v) is 10.0. The summed E-state index contributed by atoms with van der Waals surface area (Å²) in [6.45, 7) is 3.46. The Balaban J connectivity index is 1.55. The molecule has 29 heavy (non-hydrogen) atoms. The van der Waals surface area contributed by atoms with Gasteiger partial charge in [-0.3, -0.25) is 9.69 Å². The second kappa shape index (κ2) is 7.70. The summed E-state index contributed by atoms with van der Waals surface area (Å²) in [4.78, 5) is 27.1. The minimum atomic E-state index is -3.63. The van der Waals surface area contributed by atoms with Crippen molar-refractivity contribution in [2.45, 2.75) is 49.6 Å². The van der Waals surface area contributed by atoms with Gasteiger partial charge in [0.15, 0.2) is 0 Å². The van der Waals surface area contributed by atoms with Gasteiger partial charge in [-0.15, -0.1) is 0 Å². The smallest absolute Gasteiger partial charge is 0.325 e. The van der Waals surface area contributed by atoms with Crippen molar-refractivity contribution in [1.82, 2.24) is 14.5 Å². The van der Waals surface area contributed by atoms with Crippen LogP contribution >= 0.6 is 0 Å². The maximum Gasteiger partial charge on any atom is 0.325 e. The van der Waals surface area contributed by atoms with Crippen molar-refractivity contribution in [2.24, 2.45) is 5.92 Å². The summed E-state index contributed by atoms with van der Waals surface area (Å²) >= 11 is 0. The molecule has 3 fully saturated rings. The number of morpholine rings is 1. The molecule has 2 saturated heterocycles. The molecule has 3 aliphatic rings. The van der Waals surface area contributed by atoms with Crippen LogP contribution in [0, 0.1) is 5.92 Å². The predicted octanol–water partition coefficient (Wildman–Crippen LogP) is 1.71. The van der Waals surface area contributed by atoms with Crippen LogP contribution in [0.3, 0.4) is 0 Å². The molecule has 0 unspecified atom stereocenters. The average molecular weight is 422 g/mol. The molecule has 8 nitrogen and oxygen atoms in total. The largest absolute Gasteiger partial charge is 0.379 e. The van der Waals surface area contributed by atoms with Crippen LogP contribution in [0.25, 0.3) is 0 Å². The molecule has 0 aromatic heterocycles. The van der Waals surface area contributed by atoms with E-state index in [0.29, 0.717) is 38.3 Å². The third kappa shape index (κ3) is 3.55. The van der Waals surface area contributed by atoms with Gasteiger partial charge in [-0.2, -0.15) is 4.31 Å². The standard InChI is InChI=1S/C20H27N3O5S/c1-15-5-2-3-8-20(15)18(24)23(19(25)21-20)14-16-6-4-7-17(13-16)29(26,27)22-9-11-28-12-10-22/h4,6-7,13,15H,2-3,5,8-12,14H2,1H3,(H,21,25)/t15-,20+/m0/s1. The van der Waals surface area contributed by atoms with Gasteiger partial charge in [-0.1, -0.05) is 31.9 Å². The number of ether oxygens (including phenoxy) is 1. The molecular weight excluding hydrogens is 394 g/mol. The van der Waals surface area contributed by atoms with E-state index >= 15 is 0 Å². The molecule has 9 heteroatoms. The van der Waals surface area contributed by atoms with Gasteiger partial charge in [0.2, 0.25) is 10.0 Å². The third-order valence-corrected chi connectivity index (χ3v) is 8.24. The van der Waals surface area contributed by atoms with E-state index in [2.05, 4.69) is 5.32 Å². The van der Waals surface area contributed by atoms with Crippen molar-refractivity contribution in [2.75, 3.05) is 26.3 Å². The first kappa shape index (κ1) is 20.3. The number of sulfonamides is 1. The number of nitrogens with one attached hydrogen (secondary N) is 1. The van der Waals surface area contributed by atoms with Crippen molar-refractivity contribution < 1.29 is 22.7 Å². The molecule has 1 N–H and O–H groups in total. The van der Waals surface area contributed by atoms with Crippen LogP contribution in [-0.4, -0.2) is 61.4 Å². The van der Waals surface area contributed by atoms with Gasteiger partial charge in [-0.05, 0) is 36.5 Å². The van der Waals surface area contributed by atoms with Crippen LogP contribution in [0.2, 0.25) is 0 Å². The molecule has 158 valence electrons. The molecule has 1 saturated carbocycles. The number of nitrogens with zero attached hydrogens (tertiary/aromatic N) is 2. The third-order valence-electron chi connectivity index (χ3n) is 6.35. The quantitative estimate of drug-likeness (QED) is 0.747. The Kier molecular flexibility index (Phi) is 5.39. The van der Waals surface area contributed by atoms with E-state index in [-0.39, 0.29) is 23.3 Å².